The molecule has 32 heavy (non-hydrogen) atoms. The molecular weight excluding hydrogens is 437 g/mol. The molecule has 0 spiro atoms. The van der Waals surface area contributed by atoms with Gasteiger partial charge in [0.25, 0.3) is 0 Å². The van der Waals surface area contributed by atoms with Crippen LogP contribution in [0.2, 0.25) is 5.02 Å². The Kier molecular flexibility index (Phi) is 7.45. The molecule has 9 heteroatoms. The van der Waals surface area contributed by atoms with Crippen molar-refractivity contribution >= 4 is 29.2 Å². The zero-order valence-electron chi connectivity index (χ0n) is 18.3. The van der Waals surface area contributed by atoms with Gasteiger partial charge in [-0.25, -0.2) is 9.18 Å². The second kappa shape index (κ2) is 10.1. The Hall–Kier alpha value is -3.00. The van der Waals surface area contributed by atoms with Crippen LogP contribution in [0, 0.1) is 11.2 Å². The Morgan fingerprint density at radius 1 is 1.16 bits per heavy atom. The molecule has 0 aromatic heterocycles. The molecule has 1 atom stereocenters. The largest absolute Gasteiger partial charge is 0.495 e. The fourth-order valence-corrected chi connectivity index (χ4v) is 3.99. The molecule has 2 aromatic rings. The van der Waals surface area contributed by atoms with Crippen LogP contribution in [-0.4, -0.2) is 44.1 Å². The molecule has 7 nitrogen and oxygen atoms in total. The summed E-state index contributed by atoms with van der Waals surface area (Å²) in [5.41, 5.74) is 0.477. The summed E-state index contributed by atoms with van der Waals surface area (Å²) in [7, 11) is 2.98. The van der Waals surface area contributed by atoms with E-state index < -0.39 is 5.41 Å². The molecule has 2 aromatic carbocycles. The number of hydrogen-bond acceptors (Lipinski definition) is 4. The highest BCUT2D eigenvalue weighted by molar-refractivity contribution is 6.32. The van der Waals surface area contributed by atoms with E-state index in [0.29, 0.717) is 48.1 Å². The number of piperidine rings is 1. The summed E-state index contributed by atoms with van der Waals surface area (Å²) in [5, 5.41) is 6.06. The number of hydrogen-bond donors (Lipinski definition) is 2. The molecule has 172 valence electrons. The quantitative estimate of drug-likeness (QED) is 0.663. The number of anilines is 1. The van der Waals surface area contributed by atoms with Crippen LogP contribution in [0.3, 0.4) is 0 Å². The van der Waals surface area contributed by atoms with Crippen molar-refractivity contribution in [2.24, 2.45) is 5.41 Å². The van der Waals surface area contributed by atoms with Crippen LogP contribution < -0.4 is 20.1 Å². The average Bonchev–Trinajstić information content (AvgIpc) is 2.78. The van der Waals surface area contributed by atoms with Crippen LogP contribution >= 0.6 is 11.6 Å². The van der Waals surface area contributed by atoms with E-state index in [1.165, 1.54) is 26.4 Å². The summed E-state index contributed by atoms with van der Waals surface area (Å²) < 4.78 is 23.6. The van der Waals surface area contributed by atoms with Gasteiger partial charge in [0.05, 0.1) is 30.3 Å². The molecule has 1 saturated heterocycles. The number of likely N-dealkylation sites (tertiary alicyclic amines) is 1. The van der Waals surface area contributed by atoms with Crippen molar-refractivity contribution < 1.29 is 23.5 Å². The zero-order valence-corrected chi connectivity index (χ0v) is 19.1. The number of amides is 3. The molecule has 1 aliphatic heterocycles. The highest BCUT2D eigenvalue weighted by atomic mass is 35.5. The molecular formula is C23H27ClFN3O4. The number of ether oxygens (including phenoxy) is 2. The Labute approximate surface area is 191 Å². The number of benzene rings is 2. The number of rotatable bonds is 6. The van der Waals surface area contributed by atoms with Crippen molar-refractivity contribution in [3.63, 3.8) is 0 Å². The molecule has 3 amide bonds. The molecule has 0 aliphatic carbocycles. The predicted molar refractivity (Wildman–Crippen MR) is 121 cm³/mol. The summed E-state index contributed by atoms with van der Waals surface area (Å²) in [6.07, 6.45) is 1.35. The van der Waals surface area contributed by atoms with Crippen molar-refractivity contribution in [1.29, 1.82) is 0 Å². The standard InChI is InChI=1S/C23H27ClFN3O4/c1-23(21(29)26-13-15-5-7-16(25)8-6-15)9-4-10-28(14-23)22(30)27-18-11-17(24)19(31-2)12-20(18)32-3/h5-8,11-12H,4,9-10,13-14H2,1-3H3,(H,26,29)(H,27,30). The van der Waals surface area contributed by atoms with E-state index in [2.05, 4.69) is 10.6 Å². The minimum Gasteiger partial charge on any atom is -0.495 e. The Morgan fingerprint density at radius 3 is 2.50 bits per heavy atom. The fraction of sp³-hybridized carbons (Fsp3) is 0.391. The maximum absolute atomic E-state index is 13.1. The molecule has 1 fully saturated rings. The summed E-state index contributed by atoms with van der Waals surface area (Å²) in [6, 6.07) is 8.79. The third kappa shape index (κ3) is 5.43. The fourth-order valence-electron chi connectivity index (χ4n) is 3.75. The third-order valence-electron chi connectivity index (χ3n) is 5.61. The first kappa shape index (κ1) is 23.7. The molecule has 2 N–H and O–H groups in total. The smallest absolute Gasteiger partial charge is 0.321 e. The SMILES string of the molecule is COc1cc(OC)c(NC(=O)N2CCCC(C)(C(=O)NCc3ccc(F)cc3)C2)cc1Cl. The number of urea groups is 1. The van der Waals surface area contributed by atoms with E-state index in [-0.39, 0.29) is 24.3 Å². The maximum Gasteiger partial charge on any atom is 0.321 e. The van der Waals surface area contributed by atoms with Crippen LogP contribution in [0.5, 0.6) is 11.5 Å². The van der Waals surface area contributed by atoms with Gasteiger partial charge in [-0.15, -0.1) is 0 Å². The minimum absolute atomic E-state index is 0.149. The number of carbonyl (C=O) groups excluding carboxylic acids is 2. The topological polar surface area (TPSA) is 79.9 Å². The lowest BCUT2D eigenvalue weighted by molar-refractivity contribution is -0.132. The van der Waals surface area contributed by atoms with Crippen LogP contribution in [0.25, 0.3) is 0 Å². The lowest BCUT2D eigenvalue weighted by Crippen LogP contribution is -2.52. The van der Waals surface area contributed by atoms with Gasteiger partial charge in [0.2, 0.25) is 5.91 Å². The van der Waals surface area contributed by atoms with Crippen molar-refractivity contribution in [2.75, 3.05) is 32.6 Å². The van der Waals surface area contributed by atoms with E-state index in [0.717, 1.165) is 5.56 Å². The normalized spacial score (nSPS) is 18.1. The van der Waals surface area contributed by atoms with E-state index in [1.54, 1.807) is 29.2 Å². The Bertz CT molecular complexity index is 986. The van der Waals surface area contributed by atoms with Gasteiger partial charge < -0.3 is 25.0 Å². The van der Waals surface area contributed by atoms with Crippen molar-refractivity contribution in [3.8, 4) is 11.5 Å². The predicted octanol–water partition coefficient (Wildman–Crippen LogP) is 4.45. The van der Waals surface area contributed by atoms with Gasteiger partial charge in [-0.3, -0.25) is 4.79 Å². The lowest BCUT2D eigenvalue weighted by Gasteiger charge is -2.39. The molecule has 0 bridgehead atoms. The lowest BCUT2D eigenvalue weighted by atomic mass is 9.81. The van der Waals surface area contributed by atoms with Gasteiger partial charge in [-0.05, 0) is 43.5 Å². The van der Waals surface area contributed by atoms with Crippen molar-refractivity contribution in [1.82, 2.24) is 10.2 Å². The number of nitrogens with zero attached hydrogens (tertiary/aromatic N) is 1. The van der Waals surface area contributed by atoms with Gasteiger partial charge in [0.1, 0.15) is 17.3 Å². The summed E-state index contributed by atoms with van der Waals surface area (Å²) >= 11 is 6.19. The van der Waals surface area contributed by atoms with E-state index in [4.69, 9.17) is 21.1 Å². The van der Waals surface area contributed by atoms with Crippen LogP contribution in [0.1, 0.15) is 25.3 Å². The summed E-state index contributed by atoms with van der Waals surface area (Å²) in [4.78, 5) is 27.5. The third-order valence-corrected chi connectivity index (χ3v) is 5.91. The molecule has 1 unspecified atom stereocenters. The average molecular weight is 464 g/mol. The Morgan fingerprint density at radius 2 is 1.84 bits per heavy atom. The number of methoxy groups -OCH3 is 2. The molecule has 0 saturated carbocycles. The summed E-state index contributed by atoms with van der Waals surface area (Å²) in [6.45, 7) is 2.93. The van der Waals surface area contributed by atoms with E-state index in [1.807, 2.05) is 6.92 Å². The van der Waals surface area contributed by atoms with Gasteiger partial charge in [0.15, 0.2) is 0 Å². The van der Waals surface area contributed by atoms with Crippen LogP contribution in [0.4, 0.5) is 14.9 Å². The maximum atomic E-state index is 13.1. The second-order valence-electron chi connectivity index (χ2n) is 8.01. The molecule has 1 aliphatic rings. The number of nitrogens with one attached hydrogen (secondary N) is 2. The van der Waals surface area contributed by atoms with Crippen molar-refractivity contribution in [3.05, 3.63) is 52.8 Å². The zero-order chi connectivity index (χ0) is 23.3. The summed E-state index contributed by atoms with van der Waals surface area (Å²) in [5.74, 6) is 0.376. The van der Waals surface area contributed by atoms with Gasteiger partial charge in [0, 0.05) is 25.7 Å². The molecule has 1 heterocycles. The number of carbonyl (C=O) groups is 2. The number of halogens is 2. The van der Waals surface area contributed by atoms with Crippen molar-refractivity contribution in [2.45, 2.75) is 26.3 Å². The van der Waals surface area contributed by atoms with Gasteiger partial charge >= 0.3 is 6.03 Å². The van der Waals surface area contributed by atoms with Crippen LogP contribution in [-0.2, 0) is 11.3 Å². The highest BCUT2D eigenvalue weighted by Crippen LogP contribution is 2.36. The Balaban J connectivity index is 1.65. The van der Waals surface area contributed by atoms with Crippen LogP contribution in [0.15, 0.2) is 36.4 Å². The molecule has 0 radical (unpaired) electrons. The van der Waals surface area contributed by atoms with E-state index in [9.17, 15) is 14.0 Å². The first-order chi connectivity index (χ1) is 15.3. The first-order valence-corrected chi connectivity index (χ1v) is 10.6. The van der Waals surface area contributed by atoms with E-state index >= 15 is 0 Å². The highest BCUT2D eigenvalue weighted by Gasteiger charge is 2.39. The van der Waals surface area contributed by atoms with Gasteiger partial charge in [-0.1, -0.05) is 23.7 Å². The van der Waals surface area contributed by atoms with Gasteiger partial charge in [-0.2, -0.15) is 0 Å². The molecule has 3 rings (SSSR count). The first-order valence-electron chi connectivity index (χ1n) is 10.3. The minimum atomic E-state index is -0.739. The second-order valence-corrected chi connectivity index (χ2v) is 8.42. The monoisotopic (exact) mass is 463 g/mol.